The van der Waals surface area contributed by atoms with Gasteiger partial charge in [0.15, 0.2) is 0 Å². The maximum Gasteiger partial charge on any atom is 0.251 e. The Balaban J connectivity index is 1.90. The Hall–Kier alpha value is -2.54. The van der Waals surface area contributed by atoms with Crippen molar-refractivity contribution in [3.05, 3.63) is 59.2 Å². The molecule has 6 nitrogen and oxygen atoms in total. The van der Waals surface area contributed by atoms with Gasteiger partial charge in [-0.15, -0.1) is 0 Å². The third-order valence-electron chi connectivity index (χ3n) is 4.99. The van der Waals surface area contributed by atoms with Gasteiger partial charge in [0, 0.05) is 24.6 Å². The third-order valence-corrected chi connectivity index (χ3v) is 6.18. The minimum absolute atomic E-state index is 0.190. The zero-order valence-electron chi connectivity index (χ0n) is 16.8. The van der Waals surface area contributed by atoms with Crippen LogP contribution in [-0.2, 0) is 10.0 Å². The van der Waals surface area contributed by atoms with E-state index < -0.39 is 15.6 Å². The van der Waals surface area contributed by atoms with E-state index in [-0.39, 0.29) is 11.9 Å². The smallest absolute Gasteiger partial charge is 0.251 e. The molecule has 0 saturated heterocycles. The zero-order valence-corrected chi connectivity index (χ0v) is 17.6. The summed E-state index contributed by atoms with van der Waals surface area (Å²) in [4.78, 5) is 12.9. The lowest BCUT2D eigenvalue weighted by molar-refractivity contribution is 0.0619. The second kappa shape index (κ2) is 7.13. The van der Waals surface area contributed by atoms with E-state index in [1.54, 1.807) is 18.2 Å². The van der Waals surface area contributed by atoms with Gasteiger partial charge in [0.2, 0.25) is 10.0 Å². The first-order chi connectivity index (χ1) is 13.0. The number of carbonyl (C=O) groups is 1. The number of hydrogen-bond donors (Lipinski definition) is 1. The summed E-state index contributed by atoms with van der Waals surface area (Å²) in [5, 5.41) is 3.08. The highest BCUT2D eigenvalue weighted by molar-refractivity contribution is 7.92. The number of sulfonamides is 1. The first-order valence-corrected chi connectivity index (χ1v) is 11.0. The lowest BCUT2D eigenvalue weighted by atomic mass is 9.89. The Morgan fingerprint density at radius 2 is 1.89 bits per heavy atom. The number of rotatable bonds is 4. The van der Waals surface area contributed by atoms with Crippen LogP contribution in [0.25, 0.3) is 0 Å². The zero-order chi connectivity index (χ0) is 20.7. The van der Waals surface area contributed by atoms with Gasteiger partial charge in [-0.25, -0.2) is 8.42 Å². The van der Waals surface area contributed by atoms with Crippen molar-refractivity contribution in [1.82, 2.24) is 5.32 Å². The average molecular weight is 403 g/mol. The van der Waals surface area contributed by atoms with Gasteiger partial charge in [0.1, 0.15) is 11.4 Å². The fraction of sp³-hybridized carbons (Fsp3) is 0.381. The fourth-order valence-electron chi connectivity index (χ4n) is 3.44. The summed E-state index contributed by atoms with van der Waals surface area (Å²) in [6.45, 7) is 5.80. The number of anilines is 1. The van der Waals surface area contributed by atoms with Crippen molar-refractivity contribution in [2.75, 3.05) is 17.6 Å². The number of carbonyl (C=O) groups excluding carboxylic acids is 1. The predicted molar refractivity (Wildman–Crippen MR) is 110 cm³/mol. The van der Waals surface area contributed by atoms with Crippen molar-refractivity contribution in [1.29, 1.82) is 0 Å². The number of amides is 1. The molecule has 2 aromatic carbocycles. The lowest BCUT2D eigenvalue weighted by Gasteiger charge is -2.37. The first kappa shape index (κ1) is 20.2. The second-order valence-corrected chi connectivity index (χ2v) is 9.88. The van der Waals surface area contributed by atoms with Crippen LogP contribution in [0.15, 0.2) is 42.5 Å². The van der Waals surface area contributed by atoms with Crippen LogP contribution in [0.5, 0.6) is 5.75 Å². The molecule has 1 amide bonds. The molecule has 0 radical (unpaired) electrons. The molecule has 28 heavy (non-hydrogen) atoms. The summed E-state index contributed by atoms with van der Waals surface area (Å²) in [6, 6.07) is 12.6. The molecule has 1 atom stereocenters. The summed E-state index contributed by atoms with van der Waals surface area (Å²) >= 11 is 0. The lowest BCUT2D eigenvalue weighted by Crippen LogP contribution is -2.41. The van der Waals surface area contributed by atoms with Crippen LogP contribution in [-0.4, -0.2) is 33.2 Å². The van der Waals surface area contributed by atoms with Crippen LogP contribution in [0.1, 0.15) is 47.8 Å². The van der Waals surface area contributed by atoms with Crippen molar-refractivity contribution in [3.8, 4) is 5.75 Å². The molecule has 1 aliphatic rings. The van der Waals surface area contributed by atoms with E-state index >= 15 is 0 Å². The molecule has 1 aliphatic heterocycles. The van der Waals surface area contributed by atoms with E-state index in [1.165, 1.54) is 11.4 Å². The molecular formula is C21H26N2O4S. The van der Waals surface area contributed by atoms with Gasteiger partial charge in [0.25, 0.3) is 5.91 Å². The monoisotopic (exact) mass is 402 g/mol. The van der Waals surface area contributed by atoms with Gasteiger partial charge in [-0.1, -0.05) is 24.3 Å². The summed E-state index contributed by atoms with van der Waals surface area (Å²) in [6.07, 6.45) is 1.78. The third kappa shape index (κ3) is 4.14. The van der Waals surface area contributed by atoms with Crippen LogP contribution < -0.4 is 14.4 Å². The summed E-state index contributed by atoms with van der Waals surface area (Å²) in [5.74, 6) is 0.520. The normalized spacial score (nSPS) is 18.0. The predicted octanol–water partition coefficient (Wildman–Crippen LogP) is 3.42. The number of fused-ring (bicyclic) bond motifs is 1. The maximum atomic E-state index is 12.9. The number of para-hydroxylation sites is 1. The van der Waals surface area contributed by atoms with Gasteiger partial charge in [-0.2, -0.15) is 0 Å². The molecule has 1 heterocycles. The van der Waals surface area contributed by atoms with E-state index in [1.807, 2.05) is 45.0 Å². The second-order valence-electron chi connectivity index (χ2n) is 7.86. The minimum atomic E-state index is -3.42. The van der Waals surface area contributed by atoms with Gasteiger partial charge >= 0.3 is 0 Å². The highest BCUT2D eigenvalue weighted by atomic mass is 32.2. The Morgan fingerprint density at radius 3 is 2.57 bits per heavy atom. The van der Waals surface area contributed by atoms with Gasteiger partial charge in [0.05, 0.1) is 18.0 Å². The van der Waals surface area contributed by atoms with Crippen LogP contribution in [0.3, 0.4) is 0 Å². The van der Waals surface area contributed by atoms with Gasteiger partial charge in [-0.3, -0.25) is 9.10 Å². The standard InChI is InChI=1S/C21H26N2O4S/c1-14-10-11-15(12-18(14)23(4)28(5,25)26)20(24)22-17-13-21(2,3)27-19-9-7-6-8-16(17)19/h6-12,17H,13H2,1-5H3,(H,22,24)/t17-/m1/s1. The number of aryl methyl sites for hydroxylation is 1. The SMILES string of the molecule is Cc1ccc(C(=O)N[C@@H]2CC(C)(C)Oc3ccccc32)cc1N(C)S(C)(=O)=O. The Labute approximate surface area is 166 Å². The largest absolute Gasteiger partial charge is 0.487 e. The van der Waals surface area contributed by atoms with Gasteiger partial charge < -0.3 is 10.1 Å². The maximum absolute atomic E-state index is 12.9. The molecule has 0 aliphatic carbocycles. The van der Waals surface area contributed by atoms with Crippen molar-refractivity contribution in [2.45, 2.75) is 38.8 Å². The van der Waals surface area contributed by atoms with Crippen LogP contribution in [0, 0.1) is 6.92 Å². The van der Waals surface area contributed by atoms with Crippen LogP contribution in [0.4, 0.5) is 5.69 Å². The van der Waals surface area contributed by atoms with Gasteiger partial charge in [-0.05, 0) is 44.5 Å². The molecule has 0 unspecified atom stereocenters. The van der Waals surface area contributed by atoms with Crippen LogP contribution >= 0.6 is 0 Å². The number of benzene rings is 2. The van der Waals surface area contributed by atoms with E-state index in [2.05, 4.69) is 5.32 Å². The first-order valence-electron chi connectivity index (χ1n) is 9.11. The molecule has 0 fully saturated rings. The molecular weight excluding hydrogens is 376 g/mol. The number of nitrogens with zero attached hydrogens (tertiary/aromatic N) is 1. The fourth-order valence-corrected chi connectivity index (χ4v) is 4.00. The summed E-state index contributed by atoms with van der Waals surface area (Å²) in [7, 11) is -1.94. The molecule has 0 bridgehead atoms. The summed E-state index contributed by atoms with van der Waals surface area (Å²) < 4.78 is 31.0. The highest BCUT2D eigenvalue weighted by Gasteiger charge is 2.34. The molecule has 0 aromatic heterocycles. The van der Waals surface area contributed by atoms with E-state index in [4.69, 9.17) is 4.74 Å². The van der Waals surface area contributed by atoms with Crippen molar-refractivity contribution in [2.24, 2.45) is 0 Å². The topological polar surface area (TPSA) is 75.7 Å². The molecule has 0 spiro atoms. The van der Waals surface area contributed by atoms with Crippen molar-refractivity contribution < 1.29 is 17.9 Å². The average Bonchev–Trinajstić information content (AvgIpc) is 2.59. The Bertz CT molecular complexity index is 1010. The number of hydrogen-bond acceptors (Lipinski definition) is 4. The van der Waals surface area contributed by atoms with E-state index in [9.17, 15) is 13.2 Å². The number of ether oxygens (including phenoxy) is 1. The molecule has 0 saturated carbocycles. The quantitative estimate of drug-likeness (QED) is 0.850. The highest BCUT2D eigenvalue weighted by Crippen LogP contribution is 2.39. The molecule has 3 rings (SSSR count). The molecule has 1 N–H and O–H groups in total. The Kier molecular flexibility index (Phi) is 5.14. The van der Waals surface area contributed by atoms with E-state index in [0.29, 0.717) is 17.7 Å². The van der Waals surface area contributed by atoms with Crippen LogP contribution in [0.2, 0.25) is 0 Å². The number of nitrogens with one attached hydrogen (secondary N) is 1. The molecule has 150 valence electrons. The molecule has 2 aromatic rings. The minimum Gasteiger partial charge on any atom is -0.487 e. The van der Waals surface area contributed by atoms with E-state index in [0.717, 1.165) is 23.1 Å². The van der Waals surface area contributed by atoms with Crippen molar-refractivity contribution in [3.63, 3.8) is 0 Å². The Morgan fingerprint density at radius 1 is 1.21 bits per heavy atom. The van der Waals surface area contributed by atoms with Crippen molar-refractivity contribution >= 4 is 21.6 Å². The molecule has 7 heteroatoms. The summed E-state index contributed by atoms with van der Waals surface area (Å²) in [5.41, 5.74) is 2.22.